The molecule has 1 amide bonds. The Labute approximate surface area is 211 Å². The Kier molecular flexibility index (Phi) is 8.82. The fraction of sp³-hybridized carbons (Fsp3) is 0.435. The van der Waals surface area contributed by atoms with E-state index in [9.17, 15) is 4.79 Å². The minimum atomic E-state index is -1.71. The lowest BCUT2D eigenvalue weighted by Gasteiger charge is -2.15. The van der Waals surface area contributed by atoms with Gasteiger partial charge in [0.1, 0.15) is 13.5 Å². The first-order valence-corrected chi connectivity index (χ1v) is 14.9. The van der Waals surface area contributed by atoms with Gasteiger partial charge >= 0.3 is 0 Å². The smallest absolute Gasteiger partial charge is 0.291 e. The van der Waals surface area contributed by atoms with Crippen molar-refractivity contribution in [3.05, 3.63) is 30.2 Å². The molecule has 0 aliphatic carbocycles. The summed E-state index contributed by atoms with van der Waals surface area (Å²) in [5.41, 5.74) is 0.942. The highest BCUT2D eigenvalue weighted by Crippen LogP contribution is 2.33. The number of nitrogens with one attached hydrogen (secondary N) is 2. The van der Waals surface area contributed by atoms with Gasteiger partial charge in [-0.2, -0.15) is 9.97 Å². The lowest BCUT2D eigenvalue weighted by Crippen LogP contribution is -2.42. The molecular weight excluding hydrogens is 482 g/mol. The second-order valence-corrected chi connectivity index (χ2v) is 14.1. The number of nitrogens with zero attached hydrogens (tertiary/aromatic N) is 5. The van der Waals surface area contributed by atoms with Crippen LogP contribution in [0.3, 0.4) is 0 Å². The van der Waals surface area contributed by atoms with E-state index in [-0.39, 0.29) is 29.2 Å². The fourth-order valence-corrected chi connectivity index (χ4v) is 3.94. The van der Waals surface area contributed by atoms with Gasteiger partial charge in [-0.25, -0.2) is 9.97 Å². The van der Waals surface area contributed by atoms with Crippen LogP contribution in [-0.4, -0.2) is 80.2 Å². The van der Waals surface area contributed by atoms with Crippen LogP contribution in [0, 0.1) is 0 Å². The van der Waals surface area contributed by atoms with Crippen molar-refractivity contribution < 1.29 is 23.4 Å². The van der Waals surface area contributed by atoms with Crippen LogP contribution in [0.4, 0.5) is 11.6 Å². The number of rotatable bonds is 12. The van der Waals surface area contributed by atoms with Gasteiger partial charge in [0.25, 0.3) is 11.9 Å². The van der Waals surface area contributed by atoms with Gasteiger partial charge < -0.3 is 34.2 Å². The number of ether oxygens (including phenoxy) is 3. The predicted molar refractivity (Wildman–Crippen MR) is 139 cm³/mol. The third kappa shape index (κ3) is 7.15. The van der Waals surface area contributed by atoms with Gasteiger partial charge in [-0.3, -0.25) is 4.79 Å². The molecule has 12 nitrogen and oxygen atoms in total. The van der Waals surface area contributed by atoms with Gasteiger partial charge in [-0.05, 0) is 33.1 Å². The van der Waals surface area contributed by atoms with E-state index < -0.39 is 14.0 Å². The zero-order valence-corrected chi connectivity index (χ0v) is 22.7. The molecule has 0 saturated carbocycles. The fourth-order valence-electron chi connectivity index (χ4n) is 3.03. The molecule has 0 atom stereocenters. The van der Waals surface area contributed by atoms with Crippen molar-refractivity contribution in [3.63, 3.8) is 0 Å². The Hall–Kier alpha value is -3.71. The Morgan fingerprint density at radius 2 is 1.75 bits per heavy atom. The molecule has 3 rings (SSSR count). The van der Waals surface area contributed by atoms with Crippen molar-refractivity contribution >= 4 is 31.1 Å². The Morgan fingerprint density at radius 1 is 1.06 bits per heavy atom. The molecular formula is C23H33N7O5Si. The molecule has 36 heavy (non-hydrogen) atoms. The maximum atomic E-state index is 12.9. The second-order valence-electron chi connectivity index (χ2n) is 9.17. The van der Waals surface area contributed by atoms with Crippen molar-refractivity contribution in [2.24, 2.45) is 0 Å². The summed E-state index contributed by atoms with van der Waals surface area (Å²) in [6, 6.07) is 4.66. The monoisotopic (exact) mass is 515 g/mol. The maximum absolute atomic E-state index is 12.9. The van der Waals surface area contributed by atoms with Gasteiger partial charge in [0.2, 0.25) is 23.6 Å². The molecule has 0 aromatic carbocycles. The minimum absolute atomic E-state index is 0.0134. The largest absolute Gasteiger partial charge is 0.479 e. The third-order valence-corrected chi connectivity index (χ3v) is 6.43. The number of anilines is 2. The number of furan rings is 1. The average Bonchev–Trinajstić information content (AvgIpc) is 3.30. The van der Waals surface area contributed by atoms with Crippen LogP contribution in [0.5, 0.6) is 23.6 Å². The zero-order valence-electron chi connectivity index (χ0n) is 21.7. The molecule has 0 unspecified atom stereocenters. The maximum Gasteiger partial charge on any atom is 0.291 e. The molecule has 0 bridgehead atoms. The van der Waals surface area contributed by atoms with Crippen LogP contribution < -0.4 is 30.3 Å². The Balaban J connectivity index is 1.72. The number of carbonyl (C=O) groups excluding carboxylic acids is 1. The van der Waals surface area contributed by atoms with Crippen molar-refractivity contribution in [3.8, 4) is 23.6 Å². The molecule has 0 aliphatic rings. The molecule has 2 N–H and O–H groups in total. The highest BCUT2D eigenvalue weighted by Gasteiger charge is 2.23. The van der Waals surface area contributed by atoms with E-state index in [4.69, 9.17) is 18.6 Å². The first-order valence-electron chi connectivity index (χ1n) is 11.4. The van der Waals surface area contributed by atoms with Crippen LogP contribution in [0.1, 0.15) is 17.0 Å². The van der Waals surface area contributed by atoms with Crippen LogP contribution in [0.15, 0.2) is 28.8 Å². The quantitative estimate of drug-likeness (QED) is 0.272. The van der Waals surface area contributed by atoms with E-state index in [2.05, 4.69) is 55.1 Å². The molecule has 0 aliphatic heterocycles. The summed E-state index contributed by atoms with van der Waals surface area (Å²) in [6.45, 7) is 8.00. The second kappa shape index (κ2) is 11.8. The minimum Gasteiger partial charge on any atom is -0.479 e. The standard InChI is InChI=1S/C23H33N7O5Si/c1-30(2)14-8-12-24-22-28-20(32-3)18(21(29-22)33-4)27-19(31)15-9-10-17(34-15)35-16-11-13-25-23(26-16)36(5,6)7/h9-11,13H,8,12,14H2,1-7H3,(H,27,31)(H,24,28,29). The summed E-state index contributed by atoms with van der Waals surface area (Å²) in [5.74, 6) is 0.543. The number of methoxy groups -OCH3 is 2. The molecule has 0 spiro atoms. The summed E-state index contributed by atoms with van der Waals surface area (Å²) in [5, 5.41) is 5.83. The molecule has 0 saturated heterocycles. The number of hydrogen-bond acceptors (Lipinski definition) is 11. The Morgan fingerprint density at radius 3 is 2.36 bits per heavy atom. The van der Waals surface area contributed by atoms with Crippen molar-refractivity contribution in [2.45, 2.75) is 26.1 Å². The SMILES string of the molecule is COc1nc(NCCCN(C)C)nc(OC)c1NC(=O)c1ccc(Oc2ccnc([Si](C)(C)C)n2)o1. The van der Waals surface area contributed by atoms with Gasteiger partial charge in [0.15, 0.2) is 11.4 Å². The van der Waals surface area contributed by atoms with E-state index in [1.54, 1.807) is 12.3 Å². The number of aromatic nitrogens is 4. The molecule has 3 heterocycles. The van der Waals surface area contributed by atoms with Gasteiger partial charge in [0.05, 0.1) is 14.2 Å². The first-order chi connectivity index (χ1) is 17.1. The summed E-state index contributed by atoms with van der Waals surface area (Å²) in [6.07, 6.45) is 2.54. The van der Waals surface area contributed by atoms with E-state index in [1.807, 2.05) is 14.1 Å². The summed E-state index contributed by atoms with van der Waals surface area (Å²) in [4.78, 5) is 32.4. The Bertz CT molecular complexity index is 1150. The molecule has 0 fully saturated rings. The molecule has 0 radical (unpaired) electrons. The van der Waals surface area contributed by atoms with E-state index >= 15 is 0 Å². The predicted octanol–water partition coefficient (Wildman–Crippen LogP) is 2.83. The topological polar surface area (TPSA) is 137 Å². The lowest BCUT2D eigenvalue weighted by atomic mass is 10.4. The highest BCUT2D eigenvalue weighted by molar-refractivity contribution is 6.87. The number of amides is 1. The first kappa shape index (κ1) is 26.9. The van der Waals surface area contributed by atoms with Gasteiger partial charge in [-0.1, -0.05) is 19.6 Å². The average molecular weight is 516 g/mol. The summed E-state index contributed by atoms with van der Waals surface area (Å²) >= 11 is 0. The van der Waals surface area contributed by atoms with Crippen molar-refractivity contribution in [1.82, 2.24) is 24.8 Å². The van der Waals surface area contributed by atoms with Gasteiger partial charge in [0, 0.05) is 24.9 Å². The number of carbonyl (C=O) groups is 1. The summed E-state index contributed by atoms with van der Waals surface area (Å²) in [7, 11) is 5.20. The highest BCUT2D eigenvalue weighted by atomic mass is 28.3. The third-order valence-electron chi connectivity index (χ3n) is 4.84. The van der Waals surface area contributed by atoms with E-state index in [0.717, 1.165) is 18.4 Å². The molecule has 194 valence electrons. The molecule has 3 aromatic rings. The van der Waals surface area contributed by atoms with E-state index in [0.29, 0.717) is 18.4 Å². The van der Waals surface area contributed by atoms with Crippen LogP contribution in [0.25, 0.3) is 0 Å². The number of hydrogen-bond donors (Lipinski definition) is 2. The van der Waals surface area contributed by atoms with Crippen molar-refractivity contribution in [2.75, 3.05) is 52.0 Å². The van der Waals surface area contributed by atoms with Crippen LogP contribution in [-0.2, 0) is 0 Å². The van der Waals surface area contributed by atoms with Crippen molar-refractivity contribution in [1.29, 1.82) is 0 Å². The molecule has 13 heteroatoms. The lowest BCUT2D eigenvalue weighted by molar-refractivity contribution is 0.0990. The van der Waals surface area contributed by atoms with Crippen LogP contribution >= 0.6 is 0 Å². The normalized spacial score (nSPS) is 11.3. The molecule has 3 aromatic heterocycles. The summed E-state index contributed by atoms with van der Waals surface area (Å²) < 4.78 is 22.0. The zero-order chi connectivity index (χ0) is 26.3. The van der Waals surface area contributed by atoms with Gasteiger partial charge in [-0.15, -0.1) is 0 Å². The van der Waals surface area contributed by atoms with E-state index in [1.165, 1.54) is 26.4 Å². The van der Waals surface area contributed by atoms with Crippen LogP contribution in [0.2, 0.25) is 19.6 Å².